The zero-order chi connectivity index (χ0) is 9.90. The molecule has 0 saturated heterocycles. The van der Waals surface area contributed by atoms with Crippen LogP contribution in [0.2, 0.25) is 0 Å². The highest BCUT2D eigenvalue weighted by Crippen LogP contribution is 2.39. The first-order valence-electron chi connectivity index (χ1n) is 4.98. The molecule has 0 aromatic carbocycles. The summed E-state index contributed by atoms with van der Waals surface area (Å²) in [6, 6.07) is 0. The van der Waals surface area contributed by atoms with Gasteiger partial charge < -0.3 is 10.4 Å². The Bertz CT molecular complexity index is 180. The van der Waals surface area contributed by atoms with Crippen LogP contribution in [0, 0.1) is 11.3 Å². The number of amides is 1. The SMILES string of the molecule is CC(C)C(=O)NCC1(CO)CCC1. The normalized spacial score (nSPS) is 19.7. The summed E-state index contributed by atoms with van der Waals surface area (Å²) in [5.74, 6) is 0.121. The molecule has 1 rings (SSSR count). The molecule has 0 heterocycles. The molecule has 1 saturated carbocycles. The molecule has 0 spiro atoms. The van der Waals surface area contributed by atoms with Crippen LogP contribution in [-0.2, 0) is 4.79 Å². The Hall–Kier alpha value is -0.570. The molecular weight excluding hydrogens is 166 g/mol. The van der Waals surface area contributed by atoms with E-state index in [1.165, 1.54) is 6.42 Å². The van der Waals surface area contributed by atoms with Crippen molar-refractivity contribution in [2.45, 2.75) is 33.1 Å². The maximum absolute atomic E-state index is 11.3. The zero-order valence-electron chi connectivity index (χ0n) is 8.47. The standard InChI is InChI=1S/C10H19NO2/c1-8(2)9(13)11-6-10(7-12)4-3-5-10/h8,12H,3-7H2,1-2H3,(H,11,13). The number of hydrogen-bond acceptors (Lipinski definition) is 2. The summed E-state index contributed by atoms with van der Waals surface area (Å²) in [5.41, 5.74) is 0.00451. The Balaban J connectivity index is 2.28. The van der Waals surface area contributed by atoms with Crippen LogP contribution in [0.5, 0.6) is 0 Å². The molecule has 3 nitrogen and oxygen atoms in total. The fraction of sp³-hybridized carbons (Fsp3) is 0.900. The fourth-order valence-electron chi connectivity index (χ4n) is 1.55. The van der Waals surface area contributed by atoms with Crippen molar-refractivity contribution in [1.82, 2.24) is 5.32 Å². The number of carbonyl (C=O) groups excluding carboxylic acids is 1. The number of rotatable bonds is 4. The second kappa shape index (κ2) is 4.09. The molecule has 0 aromatic rings. The molecule has 1 fully saturated rings. The number of nitrogens with one attached hydrogen (secondary N) is 1. The van der Waals surface area contributed by atoms with Crippen molar-refractivity contribution >= 4 is 5.91 Å². The predicted octanol–water partition coefficient (Wildman–Crippen LogP) is 0.921. The van der Waals surface area contributed by atoms with Crippen LogP contribution in [-0.4, -0.2) is 24.2 Å². The molecule has 1 amide bonds. The van der Waals surface area contributed by atoms with E-state index in [0.717, 1.165) is 12.8 Å². The third-order valence-corrected chi connectivity index (χ3v) is 2.91. The first-order valence-corrected chi connectivity index (χ1v) is 4.98. The van der Waals surface area contributed by atoms with Crippen molar-refractivity contribution in [2.75, 3.05) is 13.2 Å². The van der Waals surface area contributed by atoms with Gasteiger partial charge in [0.1, 0.15) is 0 Å². The van der Waals surface area contributed by atoms with Gasteiger partial charge in [-0.25, -0.2) is 0 Å². The van der Waals surface area contributed by atoms with Gasteiger partial charge in [-0.2, -0.15) is 0 Å². The second-order valence-electron chi connectivity index (χ2n) is 4.38. The second-order valence-corrected chi connectivity index (χ2v) is 4.38. The van der Waals surface area contributed by atoms with Crippen LogP contribution in [0.3, 0.4) is 0 Å². The number of hydrogen-bond donors (Lipinski definition) is 2. The lowest BCUT2D eigenvalue weighted by Gasteiger charge is -2.40. The molecule has 0 unspecified atom stereocenters. The summed E-state index contributed by atoms with van der Waals surface area (Å²) >= 11 is 0. The lowest BCUT2D eigenvalue weighted by molar-refractivity contribution is -0.125. The van der Waals surface area contributed by atoms with Gasteiger partial charge in [0.15, 0.2) is 0 Å². The monoisotopic (exact) mass is 185 g/mol. The van der Waals surface area contributed by atoms with Crippen LogP contribution < -0.4 is 5.32 Å². The molecule has 2 N–H and O–H groups in total. The summed E-state index contributed by atoms with van der Waals surface area (Å²) in [5, 5.41) is 12.0. The highest BCUT2D eigenvalue weighted by atomic mass is 16.3. The number of aliphatic hydroxyl groups excluding tert-OH is 1. The molecule has 1 aliphatic rings. The lowest BCUT2D eigenvalue weighted by Crippen LogP contribution is -2.45. The third-order valence-electron chi connectivity index (χ3n) is 2.91. The Kier molecular flexibility index (Phi) is 3.31. The summed E-state index contributed by atoms with van der Waals surface area (Å²) in [6.45, 7) is 4.59. The molecule has 0 aliphatic heterocycles. The average molecular weight is 185 g/mol. The molecule has 0 bridgehead atoms. The van der Waals surface area contributed by atoms with Gasteiger partial charge in [-0.1, -0.05) is 20.3 Å². The van der Waals surface area contributed by atoms with Crippen molar-refractivity contribution in [2.24, 2.45) is 11.3 Å². The fourth-order valence-corrected chi connectivity index (χ4v) is 1.55. The van der Waals surface area contributed by atoms with E-state index in [0.29, 0.717) is 6.54 Å². The van der Waals surface area contributed by atoms with Gasteiger partial charge in [-0.05, 0) is 12.8 Å². The minimum atomic E-state index is 0.00451. The molecule has 0 radical (unpaired) electrons. The van der Waals surface area contributed by atoms with E-state index in [4.69, 9.17) is 5.11 Å². The summed E-state index contributed by atoms with van der Waals surface area (Å²) in [6.07, 6.45) is 3.27. The summed E-state index contributed by atoms with van der Waals surface area (Å²) in [7, 11) is 0. The molecule has 1 aliphatic carbocycles. The van der Waals surface area contributed by atoms with Gasteiger partial charge in [-0.3, -0.25) is 4.79 Å². The van der Waals surface area contributed by atoms with E-state index < -0.39 is 0 Å². The van der Waals surface area contributed by atoms with E-state index in [1.807, 2.05) is 13.8 Å². The quantitative estimate of drug-likeness (QED) is 0.684. The van der Waals surface area contributed by atoms with Gasteiger partial charge in [0.05, 0.1) is 6.61 Å². The minimum absolute atomic E-state index is 0.00451. The molecule has 76 valence electrons. The molecule has 13 heavy (non-hydrogen) atoms. The van der Waals surface area contributed by atoms with Crippen LogP contribution >= 0.6 is 0 Å². The largest absolute Gasteiger partial charge is 0.396 e. The van der Waals surface area contributed by atoms with Crippen molar-refractivity contribution in [3.05, 3.63) is 0 Å². The minimum Gasteiger partial charge on any atom is -0.396 e. The van der Waals surface area contributed by atoms with Crippen molar-refractivity contribution in [3.8, 4) is 0 Å². The molecule has 3 heteroatoms. The highest BCUT2D eigenvalue weighted by Gasteiger charge is 2.36. The van der Waals surface area contributed by atoms with Gasteiger partial charge >= 0.3 is 0 Å². The smallest absolute Gasteiger partial charge is 0.222 e. The third kappa shape index (κ3) is 2.44. The Morgan fingerprint density at radius 3 is 2.46 bits per heavy atom. The van der Waals surface area contributed by atoms with E-state index in [2.05, 4.69) is 5.32 Å². The first kappa shape index (κ1) is 10.5. The topological polar surface area (TPSA) is 49.3 Å². The van der Waals surface area contributed by atoms with E-state index in [1.54, 1.807) is 0 Å². The average Bonchev–Trinajstić information content (AvgIpc) is 2.02. The first-order chi connectivity index (χ1) is 6.09. The van der Waals surface area contributed by atoms with Gasteiger partial charge in [0, 0.05) is 17.9 Å². The molecular formula is C10H19NO2. The van der Waals surface area contributed by atoms with Gasteiger partial charge in [0.2, 0.25) is 5.91 Å². The van der Waals surface area contributed by atoms with Crippen LogP contribution in [0.15, 0.2) is 0 Å². The van der Waals surface area contributed by atoms with Crippen LogP contribution in [0.25, 0.3) is 0 Å². The Labute approximate surface area is 79.5 Å². The Morgan fingerprint density at radius 1 is 1.54 bits per heavy atom. The van der Waals surface area contributed by atoms with Gasteiger partial charge in [-0.15, -0.1) is 0 Å². The van der Waals surface area contributed by atoms with Crippen LogP contribution in [0.4, 0.5) is 0 Å². The molecule has 0 atom stereocenters. The maximum atomic E-state index is 11.3. The van der Waals surface area contributed by atoms with Crippen molar-refractivity contribution in [1.29, 1.82) is 0 Å². The van der Waals surface area contributed by atoms with E-state index in [-0.39, 0.29) is 23.8 Å². The highest BCUT2D eigenvalue weighted by molar-refractivity contribution is 5.77. The zero-order valence-corrected chi connectivity index (χ0v) is 8.47. The predicted molar refractivity (Wildman–Crippen MR) is 51.2 cm³/mol. The number of aliphatic hydroxyl groups is 1. The van der Waals surface area contributed by atoms with Crippen molar-refractivity contribution < 1.29 is 9.90 Å². The summed E-state index contributed by atoms with van der Waals surface area (Å²) < 4.78 is 0. The van der Waals surface area contributed by atoms with E-state index in [9.17, 15) is 4.79 Å². The molecule has 0 aromatic heterocycles. The Morgan fingerprint density at radius 2 is 2.15 bits per heavy atom. The summed E-state index contributed by atoms with van der Waals surface area (Å²) in [4.78, 5) is 11.3. The maximum Gasteiger partial charge on any atom is 0.222 e. The number of carbonyl (C=O) groups is 1. The van der Waals surface area contributed by atoms with E-state index >= 15 is 0 Å². The van der Waals surface area contributed by atoms with Gasteiger partial charge in [0.25, 0.3) is 0 Å². The lowest BCUT2D eigenvalue weighted by atomic mass is 9.69. The van der Waals surface area contributed by atoms with Crippen molar-refractivity contribution in [3.63, 3.8) is 0 Å². The van der Waals surface area contributed by atoms with Crippen LogP contribution in [0.1, 0.15) is 33.1 Å².